The number of anilines is 3. The van der Waals surface area contributed by atoms with Crippen molar-refractivity contribution >= 4 is 27.1 Å². The molecule has 0 aliphatic carbocycles. The Bertz CT molecular complexity index is 2450. The number of hydrogen-bond donors (Lipinski definition) is 0. The largest absolute Gasteiger partial charge is 0.311 e. The topological polar surface area (TPSA) is 3.24 Å². The molecule has 9 aromatic carbocycles. The van der Waals surface area contributed by atoms with E-state index in [1.54, 1.807) is 0 Å². The zero-order valence-corrected chi connectivity index (χ0v) is 31.8. The van der Waals surface area contributed by atoms with Crippen molar-refractivity contribution < 1.29 is 0 Å². The predicted molar refractivity (Wildman–Crippen MR) is 237 cm³/mol. The van der Waals surface area contributed by atoms with Crippen molar-refractivity contribution in [3.8, 4) is 33.4 Å². The van der Waals surface area contributed by atoms with E-state index in [0.717, 1.165) is 17.1 Å². The van der Waals surface area contributed by atoms with Crippen LogP contribution in [0.3, 0.4) is 0 Å². The van der Waals surface area contributed by atoms with E-state index in [-0.39, 0.29) is 0 Å². The molecule has 0 heterocycles. The van der Waals surface area contributed by atoms with Crippen LogP contribution in [0.25, 0.3) is 33.4 Å². The molecule has 56 heavy (non-hydrogen) atoms. The lowest BCUT2D eigenvalue weighted by molar-refractivity contribution is 1.24. The zero-order chi connectivity index (χ0) is 37.6. The van der Waals surface area contributed by atoms with Crippen LogP contribution in [0.4, 0.5) is 17.1 Å². The Balaban J connectivity index is 1.12. The van der Waals surface area contributed by atoms with Gasteiger partial charge in [-0.05, 0) is 118 Å². The summed E-state index contributed by atoms with van der Waals surface area (Å²) in [7, 11) is -1.79. The van der Waals surface area contributed by atoms with Crippen molar-refractivity contribution in [2.75, 3.05) is 4.90 Å². The molecule has 0 unspecified atom stereocenters. The fourth-order valence-electron chi connectivity index (χ4n) is 7.67. The Kier molecular flexibility index (Phi) is 9.87. The van der Waals surface area contributed by atoms with Gasteiger partial charge in [-0.1, -0.05) is 164 Å². The van der Waals surface area contributed by atoms with E-state index in [1.165, 1.54) is 53.0 Å². The van der Waals surface area contributed by atoms with Crippen LogP contribution < -0.4 is 4.90 Å². The van der Waals surface area contributed by atoms with Gasteiger partial charge in [-0.25, -0.2) is 0 Å². The lowest BCUT2D eigenvalue weighted by Gasteiger charge is -2.42. The van der Waals surface area contributed by atoms with Crippen LogP contribution >= 0.6 is 10.0 Å². The molecule has 2 heteroatoms. The Hall–Kier alpha value is -6.87. The Labute approximate surface area is 332 Å². The number of rotatable bonds is 10. The summed E-state index contributed by atoms with van der Waals surface area (Å²) < 4.78 is 0. The van der Waals surface area contributed by atoms with Gasteiger partial charge in [0, 0.05) is 36.6 Å². The van der Waals surface area contributed by atoms with Crippen LogP contribution in [0.5, 0.6) is 0 Å². The molecule has 0 fully saturated rings. The highest BCUT2D eigenvalue weighted by Crippen LogP contribution is 2.73. The van der Waals surface area contributed by atoms with E-state index in [9.17, 15) is 0 Å². The Morgan fingerprint density at radius 2 is 0.482 bits per heavy atom. The molecular formula is C54H41NS. The maximum absolute atomic E-state index is 2.42. The number of nitrogens with zero attached hydrogens (tertiary/aromatic N) is 1. The van der Waals surface area contributed by atoms with Crippen molar-refractivity contribution in [2.45, 2.75) is 19.6 Å². The molecule has 0 saturated carbocycles. The molecule has 0 aromatic heterocycles. The third-order valence-corrected chi connectivity index (χ3v) is 14.3. The maximum atomic E-state index is 2.42. The molecule has 0 aliphatic rings. The van der Waals surface area contributed by atoms with Gasteiger partial charge in [0.25, 0.3) is 0 Å². The van der Waals surface area contributed by atoms with Gasteiger partial charge >= 0.3 is 0 Å². The molecule has 0 N–H and O–H groups in total. The minimum absolute atomic E-state index is 1.10. The minimum Gasteiger partial charge on any atom is -0.311 e. The van der Waals surface area contributed by atoms with Gasteiger partial charge in [-0.2, -0.15) is 0 Å². The van der Waals surface area contributed by atoms with E-state index in [1.807, 2.05) is 0 Å². The SMILES string of the molecule is c1ccc(-c2ccc(N(c3ccc(-c4ccccc4)cc3)c3ccc(-c4cccc(S(c5ccccc5)(c5ccccc5)c5ccccc5)c4)cc3)cc2)cc1. The first-order valence-corrected chi connectivity index (χ1v) is 20.7. The summed E-state index contributed by atoms with van der Waals surface area (Å²) in [4.78, 5) is 7.60. The van der Waals surface area contributed by atoms with E-state index >= 15 is 0 Å². The summed E-state index contributed by atoms with van der Waals surface area (Å²) >= 11 is 0. The predicted octanol–water partition coefficient (Wildman–Crippen LogP) is 15.5. The number of hydrogen-bond acceptors (Lipinski definition) is 1. The van der Waals surface area contributed by atoms with Crippen LogP contribution in [0.15, 0.2) is 268 Å². The van der Waals surface area contributed by atoms with Crippen molar-refractivity contribution in [3.63, 3.8) is 0 Å². The smallest absolute Gasteiger partial charge is 0.0462 e. The normalized spacial score (nSPS) is 11.5. The zero-order valence-electron chi connectivity index (χ0n) is 31.0. The molecule has 9 aromatic rings. The monoisotopic (exact) mass is 735 g/mol. The second-order valence-electron chi connectivity index (χ2n) is 13.8. The number of benzene rings is 9. The lowest BCUT2D eigenvalue weighted by Crippen LogP contribution is -2.09. The summed E-state index contributed by atoms with van der Waals surface area (Å²) in [6.07, 6.45) is 0. The van der Waals surface area contributed by atoms with Gasteiger partial charge in [-0.15, -0.1) is 10.0 Å². The molecule has 0 saturated heterocycles. The van der Waals surface area contributed by atoms with E-state index in [2.05, 4.69) is 254 Å². The van der Waals surface area contributed by atoms with Crippen LogP contribution in [0.2, 0.25) is 0 Å². The molecule has 268 valence electrons. The fraction of sp³-hybridized carbons (Fsp3) is 0. The molecule has 9 rings (SSSR count). The van der Waals surface area contributed by atoms with Gasteiger partial charge in [0.1, 0.15) is 0 Å². The van der Waals surface area contributed by atoms with Crippen molar-refractivity contribution in [1.82, 2.24) is 0 Å². The molecule has 0 aliphatic heterocycles. The first-order valence-electron chi connectivity index (χ1n) is 19.1. The molecule has 0 spiro atoms. The Morgan fingerprint density at radius 3 is 0.839 bits per heavy atom. The van der Waals surface area contributed by atoms with Crippen LogP contribution in [-0.2, 0) is 0 Å². The average molecular weight is 736 g/mol. The summed E-state index contributed by atoms with van der Waals surface area (Å²) in [6.45, 7) is 0. The van der Waals surface area contributed by atoms with E-state index in [4.69, 9.17) is 0 Å². The highest BCUT2D eigenvalue weighted by atomic mass is 32.3. The first kappa shape index (κ1) is 34.9. The lowest BCUT2D eigenvalue weighted by atomic mass is 10.0. The van der Waals surface area contributed by atoms with Crippen LogP contribution in [0, 0.1) is 0 Å². The van der Waals surface area contributed by atoms with Crippen molar-refractivity contribution in [2.24, 2.45) is 0 Å². The second-order valence-corrected chi connectivity index (χ2v) is 16.9. The standard InChI is InChI=1S/C54H41NS/c1-6-17-42(18-7-1)44-29-35-48(36-30-44)55(49-37-31-45(32-38-49)43-19-8-2-9-20-43)50-39-33-46(34-40-50)47-21-16-28-54(41-47)56(51-22-10-3-11-23-51,52-24-12-4-13-25-52)53-26-14-5-15-27-53/h1-41H. The average Bonchev–Trinajstić information content (AvgIpc) is 3.29. The molecule has 0 bridgehead atoms. The van der Waals surface area contributed by atoms with Gasteiger partial charge in [0.05, 0.1) is 0 Å². The fourth-order valence-corrected chi connectivity index (χ4v) is 11.6. The Morgan fingerprint density at radius 1 is 0.214 bits per heavy atom. The van der Waals surface area contributed by atoms with Gasteiger partial charge in [0.2, 0.25) is 0 Å². The van der Waals surface area contributed by atoms with E-state index < -0.39 is 10.0 Å². The van der Waals surface area contributed by atoms with Gasteiger partial charge < -0.3 is 4.90 Å². The molecule has 0 radical (unpaired) electrons. The summed E-state index contributed by atoms with van der Waals surface area (Å²) in [6, 6.07) is 90.3. The van der Waals surface area contributed by atoms with Gasteiger partial charge in [-0.3, -0.25) is 0 Å². The van der Waals surface area contributed by atoms with E-state index in [0.29, 0.717) is 0 Å². The van der Waals surface area contributed by atoms with Crippen molar-refractivity contribution in [3.05, 3.63) is 249 Å². The second kappa shape index (κ2) is 15.8. The third-order valence-electron chi connectivity index (χ3n) is 10.4. The minimum atomic E-state index is -1.79. The molecule has 1 nitrogen and oxygen atoms in total. The molecular weight excluding hydrogens is 695 g/mol. The highest BCUT2D eigenvalue weighted by molar-refractivity contribution is 8.34. The third kappa shape index (κ3) is 6.84. The maximum Gasteiger partial charge on any atom is 0.0462 e. The highest BCUT2D eigenvalue weighted by Gasteiger charge is 2.33. The summed E-state index contributed by atoms with van der Waals surface area (Å²) in [5.74, 6) is 0. The quantitative estimate of drug-likeness (QED) is 0.135. The summed E-state index contributed by atoms with van der Waals surface area (Å²) in [5.41, 5.74) is 10.5. The van der Waals surface area contributed by atoms with Gasteiger partial charge in [0.15, 0.2) is 0 Å². The first-order chi connectivity index (χ1) is 27.8. The van der Waals surface area contributed by atoms with Crippen LogP contribution in [0.1, 0.15) is 0 Å². The summed E-state index contributed by atoms with van der Waals surface area (Å²) in [5, 5.41) is 0. The molecule has 0 amide bonds. The van der Waals surface area contributed by atoms with Crippen LogP contribution in [-0.4, -0.2) is 0 Å². The van der Waals surface area contributed by atoms with Crippen molar-refractivity contribution in [1.29, 1.82) is 0 Å². The molecule has 0 atom stereocenters.